The Labute approximate surface area is 183 Å². The molecule has 2 amide bonds. The molecule has 0 spiro atoms. The Morgan fingerprint density at radius 3 is 2.34 bits per heavy atom. The van der Waals surface area contributed by atoms with Crippen LogP contribution in [0.2, 0.25) is 10.0 Å². The van der Waals surface area contributed by atoms with Crippen LogP contribution in [0.3, 0.4) is 0 Å². The highest BCUT2D eigenvalue weighted by molar-refractivity contribution is 6.42. The van der Waals surface area contributed by atoms with Crippen molar-refractivity contribution in [2.24, 2.45) is 5.92 Å². The minimum Gasteiger partial charge on any atom is -0.344 e. The van der Waals surface area contributed by atoms with Gasteiger partial charge >= 0.3 is 0 Å². The molecule has 1 aliphatic heterocycles. The maximum atomic E-state index is 13.2. The lowest BCUT2D eigenvalue weighted by atomic mass is 9.94. The van der Waals surface area contributed by atoms with Crippen LogP contribution < -0.4 is 0 Å². The SMILES string of the molecule is CCCN(C)C(=O)C(C1CCCC1)N1CCN(C(=O)c2ccc(Cl)c(Cl)c2)CC1. The minimum absolute atomic E-state index is 0.0324. The van der Waals surface area contributed by atoms with Crippen molar-refractivity contribution in [3.05, 3.63) is 33.8 Å². The van der Waals surface area contributed by atoms with Crippen molar-refractivity contribution in [2.75, 3.05) is 39.8 Å². The molecule has 0 N–H and O–H groups in total. The molecule has 2 fully saturated rings. The van der Waals surface area contributed by atoms with E-state index in [0.717, 1.165) is 38.9 Å². The first-order chi connectivity index (χ1) is 13.9. The second kappa shape index (κ2) is 10.1. The molecule has 5 nitrogen and oxygen atoms in total. The molecule has 0 radical (unpaired) electrons. The van der Waals surface area contributed by atoms with Gasteiger partial charge in [0.15, 0.2) is 0 Å². The first-order valence-corrected chi connectivity index (χ1v) is 11.4. The Kier molecular flexibility index (Phi) is 7.83. The zero-order valence-corrected chi connectivity index (χ0v) is 18.9. The van der Waals surface area contributed by atoms with Gasteiger partial charge in [-0.15, -0.1) is 0 Å². The summed E-state index contributed by atoms with van der Waals surface area (Å²) in [6.45, 7) is 5.57. The number of carbonyl (C=O) groups is 2. The molecular weight excluding hydrogens is 409 g/mol. The zero-order valence-electron chi connectivity index (χ0n) is 17.4. The van der Waals surface area contributed by atoms with Crippen LogP contribution in [0, 0.1) is 5.92 Å². The standard InChI is InChI=1S/C22H31Cl2N3O2/c1-3-10-25(2)22(29)20(16-6-4-5-7-16)26-11-13-27(14-12-26)21(28)17-8-9-18(23)19(24)15-17/h8-9,15-16,20H,3-7,10-14H2,1-2H3. The van der Waals surface area contributed by atoms with Gasteiger partial charge in [0.2, 0.25) is 5.91 Å². The summed E-state index contributed by atoms with van der Waals surface area (Å²) in [5.74, 6) is 0.636. The number of piperazine rings is 1. The van der Waals surface area contributed by atoms with Crippen LogP contribution in [0.25, 0.3) is 0 Å². The van der Waals surface area contributed by atoms with E-state index in [1.807, 2.05) is 16.8 Å². The van der Waals surface area contributed by atoms with Crippen molar-refractivity contribution in [3.63, 3.8) is 0 Å². The lowest BCUT2D eigenvalue weighted by molar-refractivity contribution is -0.138. The van der Waals surface area contributed by atoms with E-state index in [0.29, 0.717) is 34.6 Å². The van der Waals surface area contributed by atoms with Gasteiger partial charge in [0, 0.05) is 45.3 Å². The van der Waals surface area contributed by atoms with Crippen molar-refractivity contribution >= 4 is 35.0 Å². The Balaban J connectivity index is 1.66. The van der Waals surface area contributed by atoms with Crippen molar-refractivity contribution in [1.82, 2.24) is 14.7 Å². The van der Waals surface area contributed by atoms with Gasteiger partial charge in [-0.1, -0.05) is 43.0 Å². The fourth-order valence-corrected chi connectivity index (χ4v) is 4.91. The Morgan fingerprint density at radius 1 is 1.10 bits per heavy atom. The highest BCUT2D eigenvalue weighted by atomic mass is 35.5. The molecule has 3 rings (SSSR count). The number of benzene rings is 1. The number of rotatable bonds is 6. The average molecular weight is 440 g/mol. The van der Waals surface area contributed by atoms with E-state index in [1.54, 1.807) is 18.2 Å². The van der Waals surface area contributed by atoms with E-state index in [-0.39, 0.29) is 17.9 Å². The van der Waals surface area contributed by atoms with Gasteiger partial charge in [0.1, 0.15) is 0 Å². The molecule has 1 saturated carbocycles. The summed E-state index contributed by atoms with van der Waals surface area (Å²) >= 11 is 12.0. The van der Waals surface area contributed by atoms with E-state index in [9.17, 15) is 9.59 Å². The lowest BCUT2D eigenvalue weighted by Crippen LogP contribution is -2.58. The molecule has 1 aliphatic carbocycles. The second-order valence-corrected chi connectivity index (χ2v) is 9.02. The molecule has 0 bridgehead atoms. The molecule has 1 unspecified atom stereocenters. The summed E-state index contributed by atoms with van der Waals surface area (Å²) in [5.41, 5.74) is 0.555. The van der Waals surface area contributed by atoms with Crippen LogP contribution in [0.4, 0.5) is 0 Å². The number of nitrogens with zero attached hydrogens (tertiary/aromatic N) is 3. The number of hydrogen-bond acceptors (Lipinski definition) is 3. The number of likely N-dealkylation sites (N-methyl/N-ethyl adjacent to an activating group) is 1. The first-order valence-electron chi connectivity index (χ1n) is 10.7. The maximum Gasteiger partial charge on any atom is 0.253 e. The molecule has 2 aliphatic rings. The van der Waals surface area contributed by atoms with Crippen molar-refractivity contribution < 1.29 is 9.59 Å². The van der Waals surface area contributed by atoms with Crippen LogP contribution in [0.15, 0.2) is 18.2 Å². The molecule has 7 heteroatoms. The van der Waals surface area contributed by atoms with Crippen LogP contribution in [0.1, 0.15) is 49.4 Å². The van der Waals surface area contributed by atoms with Crippen molar-refractivity contribution in [1.29, 1.82) is 0 Å². The fourth-order valence-electron chi connectivity index (χ4n) is 4.62. The topological polar surface area (TPSA) is 43.9 Å². The average Bonchev–Trinajstić information content (AvgIpc) is 3.24. The van der Waals surface area contributed by atoms with Gasteiger partial charge in [-0.25, -0.2) is 0 Å². The van der Waals surface area contributed by atoms with Gasteiger partial charge in [0.25, 0.3) is 5.91 Å². The summed E-state index contributed by atoms with van der Waals surface area (Å²) < 4.78 is 0. The largest absolute Gasteiger partial charge is 0.344 e. The monoisotopic (exact) mass is 439 g/mol. The minimum atomic E-state index is -0.0590. The fraction of sp³-hybridized carbons (Fsp3) is 0.636. The van der Waals surface area contributed by atoms with Crippen LogP contribution in [-0.2, 0) is 4.79 Å². The second-order valence-electron chi connectivity index (χ2n) is 8.21. The molecular formula is C22H31Cl2N3O2. The molecule has 1 aromatic rings. The van der Waals surface area contributed by atoms with Crippen molar-refractivity contribution in [2.45, 2.75) is 45.1 Å². The van der Waals surface area contributed by atoms with Crippen LogP contribution in [0.5, 0.6) is 0 Å². The Morgan fingerprint density at radius 2 is 1.76 bits per heavy atom. The normalized spacial score (nSPS) is 19.4. The molecule has 160 valence electrons. The molecule has 1 atom stereocenters. The third kappa shape index (κ3) is 5.25. The Bertz CT molecular complexity index is 729. The van der Waals surface area contributed by atoms with Crippen molar-refractivity contribution in [3.8, 4) is 0 Å². The van der Waals surface area contributed by atoms with E-state index < -0.39 is 0 Å². The summed E-state index contributed by atoms with van der Waals surface area (Å²) in [5, 5.41) is 0.837. The van der Waals surface area contributed by atoms with E-state index in [1.165, 1.54) is 12.8 Å². The van der Waals surface area contributed by atoms with Gasteiger partial charge in [-0.2, -0.15) is 0 Å². The van der Waals surface area contributed by atoms with Gasteiger partial charge in [-0.3, -0.25) is 14.5 Å². The molecule has 1 aromatic carbocycles. The van der Waals surface area contributed by atoms with E-state index in [4.69, 9.17) is 23.2 Å². The van der Waals surface area contributed by atoms with Crippen LogP contribution in [-0.4, -0.2) is 72.3 Å². The number of amides is 2. The molecule has 29 heavy (non-hydrogen) atoms. The highest BCUT2D eigenvalue weighted by Gasteiger charge is 2.38. The van der Waals surface area contributed by atoms with Gasteiger partial charge in [0.05, 0.1) is 16.1 Å². The first kappa shape index (κ1) is 22.4. The Hall–Kier alpha value is -1.30. The summed E-state index contributed by atoms with van der Waals surface area (Å²) in [4.78, 5) is 32.1. The zero-order chi connectivity index (χ0) is 21.0. The van der Waals surface area contributed by atoms with Gasteiger partial charge < -0.3 is 9.80 Å². The molecule has 0 aromatic heterocycles. The van der Waals surface area contributed by atoms with Crippen LogP contribution >= 0.6 is 23.2 Å². The predicted molar refractivity (Wildman–Crippen MR) is 118 cm³/mol. The lowest BCUT2D eigenvalue weighted by Gasteiger charge is -2.42. The summed E-state index contributed by atoms with van der Waals surface area (Å²) in [7, 11) is 1.91. The summed E-state index contributed by atoms with van der Waals surface area (Å²) in [6, 6.07) is 4.94. The van der Waals surface area contributed by atoms with Gasteiger partial charge in [-0.05, 0) is 43.4 Å². The number of halogens is 2. The van der Waals surface area contributed by atoms with E-state index >= 15 is 0 Å². The maximum absolute atomic E-state index is 13.2. The third-order valence-electron chi connectivity index (χ3n) is 6.20. The van der Waals surface area contributed by atoms with E-state index in [2.05, 4.69) is 11.8 Å². The number of carbonyl (C=O) groups excluding carboxylic acids is 2. The summed E-state index contributed by atoms with van der Waals surface area (Å²) in [6.07, 6.45) is 5.63. The molecule has 1 heterocycles. The highest BCUT2D eigenvalue weighted by Crippen LogP contribution is 2.32. The smallest absolute Gasteiger partial charge is 0.253 e. The molecule has 1 saturated heterocycles. The quantitative estimate of drug-likeness (QED) is 0.667. The third-order valence-corrected chi connectivity index (χ3v) is 6.94. The predicted octanol–water partition coefficient (Wildman–Crippen LogP) is 4.18. The number of hydrogen-bond donors (Lipinski definition) is 0.